The molecule has 0 bridgehead atoms. The minimum Gasteiger partial charge on any atom is -0.393 e. The van der Waals surface area contributed by atoms with Crippen LogP contribution in [0.25, 0.3) is 0 Å². The third kappa shape index (κ3) is 2.94. The molecule has 1 N–H and O–H groups in total. The van der Waals surface area contributed by atoms with Gasteiger partial charge in [0.15, 0.2) is 0 Å². The molecule has 3 heteroatoms. The maximum Gasteiger partial charge on any atom is 0.0615 e. The van der Waals surface area contributed by atoms with Crippen molar-refractivity contribution in [2.24, 2.45) is 0 Å². The molecule has 0 aromatic carbocycles. The molecule has 1 aliphatic rings. The summed E-state index contributed by atoms with van der Waals surface area (Å²) in [6, 6.07) is 1.01. The van der Waals surface area contributed by atoms with Gasteiger partial charge < -0.3 is 9.84 Å². The van der Waals surface area contributed by atoms with Crippen LogP contribution in [0.3, 0.4) is 0 Å². The number of likely N-dealkylation sites (N-methyl/N-ethyl adjacent to an activating group) is 1. The summed E-state index contributed by atoms with van der Waals surface area (Å²) in [5.74, 6) is 0. The van der Waals surface area contributed by atoms with Crippen molar-refractivity contribution in [3.8, 4) is 0 Å². The molecular weight excluding hydrogens is 178 g/mol. The first-order chi connectivity index (χ1) is 6.69. The van der Waals surface area contributed by atoms with E-state index in [1.165, 1.54) is 0 Å². The summed E-state index contributed by atoms with van der Waals surface area (Å²) in [7, 11) is 1.74. The largest absolute Gasteiger partial charge is 0.393 e. The number of hydrogen-bond acceptors (Lipinski definition) is 3. The van der Waals surface area contributed by atoms with Crippen molar-refractivity contribution in [3.63, 3.8) is 0 Å². The Bertz CT molecular complexity index is 163. The second kappa shape index (κ2) is 5.69. The van der Waals surface area contributed by atoms with Crippen LogP contribution in [0.4, 0.5) is 0 Å². The number of aliphatic hydroxyl groups is 1. The van der Waals surface area contributed by atoms with Crippen molar-refractivity contribution in [3.05, 3.63) is 0 Å². The number of ether oxygens (including phenoxy) is 1. The van der Waals surface area contributed by atoms with Gasteiger partial charge in [-0.3, -0.25) is 4.90 Å². The van der Waals surface area contributed by atoms with Gasteiger partial charge in [0.05, 0.1) is 12.7 Å². The van der Waals surface area contributed by atoms with Gasteiger partial charge in [0.25, 0.3) is 0 Å². The normalized spacial score (nSPS) is 29.8. The SMILES string of the molecule is CCN(C(C)COC)C1CCC(O)C1. The van der Waals surface area contributed by atoms with E-state index in [-0.39, 0.29) is 6.10 Å². The van der Waals surface area contributed by atoms with Gasteiger partial charge in [-0.25, -0.2) is 0 Å². The third-order valence-corrected chi connectivity index (χ3v) is 3.19. The summed E-state index contributed by atoms with van der Waals surface area (Å²) in [4.78, 5) is 2.44. The van der Waals surface area contributed by atoms with E-state index in [0.29, 0.717) is 12.1 Å². The van der Waals surface area contributed by atoms with Gasteiger partial charge in [0.1, 0.15) is 0 Å². The lowest BCUT2D eigenvalue weighted by atomic mass is 10.1. The van der Waals surface area contributed by atoms with Crippen molar-refractivity contribution in [1.82, 2.24) is 4.90 Å². The van der Waals surface area contributed by atoms with Crippen molar-refractivity contribution < 1.29 is 9.84 Å². The maximum absolute atomic E-state index is 9.50. The maximum atomic E-state index is 9.50. The molecule has 0 amide bonds. The molecule has 3 nitrogen and oxygen atoms in total. The van der Waals surface area contributed by atoms with E-state index in [1.807, 2.05) is 0 Å². The second-order valence-corrected chi connectivity index (χ2v) is 4.26. The van der Waals surface area contributed by atoms with E-state index < -0.39 is 0 Å². The summed E-state index contributed by atoms with van der Waals surface area (Å²) < 4.78 is 5.17. The first kappa shape index (κ1) is 12.0. The fourth-order valence-electron chi connectivity index (χ4n) is 2.50. The first-order valence-corrected chi connectivity index (χ1v) is 5.61. The quantitative estimate of drug-likeness (QED) is 0.727. The molecule has 1 aliphatic carbocycles. The zero-order valence-corrected chi connectivity index (χ0v) is 9.57. The number of methoxy groups -OCH3 is 1. The molecule has 14 heavy (non-hydrogen) atoms. The first-order valence-electron chi connectivity index (χ1n) is 5.61. The molecule has 0 saturated heterocycles. The van der Waals surface area contributed by atoms with Crippen LogP contribution in [0.1, 0.15) is 33.1 Å². The van der Waals surface area contributed by atoms with Crippen LogP contribution in [0.2, 0.25) is 0 Å². The highest BCUT2D eigenvalue weighted by Gasteiger charge is 2.29. The van der Waals surface area contributed by atoms with Crippen molar-refractivity contribution in [2.45, 2.75) is 51.3 Å². The number of rotatable bonds is 5. The minimum atomic E-state index is -0.0798. The summed E-state index contributed by atoms with van der Waals surface area (Å²) >= 11 is 0. The van der Waals surface area contributed by atoms with Gasteiger partial charge in [0.2, 0.25) is 0 Å². The van der Waals surface area contributed by atoms with E-state index in [2.05, 4.69) is 18.7 Å². The van der Waals surface area contributed by atoms with E-state index in [1.54, 1.807) is 7.11 Å². The van der Waals surface area contributed by atoms with Crippen LogP contribution < -0.4 is 0 Å². The molecule has 84 valence electrons. The Morgan fingerprint density at radius 2 is 2.21 bits per heavy atom. The molecule has 0 aromatic heterocycles. The minimum absolute atomic E-state index is 0.0798. The zero-order chi connectivity index (χ0) is 10.6. The second-order valence-electron chi connectivity index (χ2n) is 4.26. The molecule has 1 rings (SSSR count). The Morgan fingerprint density at radius 3 is 2.64 bits per heavy atom. The predicted octanol–water partition coefficient (Wildman–Crippen LogP) is 1.26. The van der Waals surface area contributed by atoms with Crippen LogP contribution in [-0.2, 0) is 4.74 Å². The summed E-state index contributed by atoms with van der Waals surface area (Å²) in [5, 5.41) is 9.50. The van der Waals surface area contributed by atoms with Crippen LogP contribution >= 0.6 is 0 Å². The van der Waals surface area contributed by atoms with Gasteiger partial charge in [-0.15, -0.1) is 0 Å². The third-order valence-electron chi connectivity index (χ3n) is 3.19. The molecular formula is C11H23NO2. The molecule has 0 spiro atoms. The Labute approximate surface area is 87.1 Å². The molecule has 0 radical (unpaired) electrons. The Morgan fingerprint density at radius 1 is 1.50 bits per heavy atom. The number of hydrogen-bond donors (Lipinski definition) is 1. The Hall–Kier alpha value is -0.120. The summed E-state index contributed by atoms with van der Waals surface area (Å²) in [6.45, 7) is 6.19. The monoisotopic (exact) mass is 201 g/mol. The summed E-state index contributed by atoms with van der Waals surface area (Å²) in [5.41, 5.74) is 0. The highest BCUT2D eigenvalue weighted by Crippen LogP contribution is 2.25. The van der Waals surface area contributed by atoms with E-state index in [0.717, 1.165) is 32.4 Å². The molecule has 0 aliphatic heterocycles. The summed E-state index contributed by atoms with van der Waals surface area (Å²) in [6.07, 6.45) is 2.94. The van der Waals surface area contributed by atoms with Crippen molar-refractivity contribution >= 4 is 0 Å². The van der Waals surface area contributed by atoms with Crippen LogP contribution in [0.5, 0.6) is 0 Å². The van der Waals surface area contributed by atoms with Gasteiger partial charge in [-0.2, -0.15) is 0 Å². The van der Waals surface area contributed by atoms with Crippen LogP contribution in [0.15, 0.2) is 0 Å². The topological polar surface area (TPSA) is 32.7 Å². The molecule has 1 saturated carbocycles. The fraction of sp³-hybridized carbons (Fsp3) is 1.00. The Kier molecular flexibility index (Phi) is 4.85. The predicted molar refractivity (Wildman–Crippen MR) is 57.4 cm³/mol. The van der Waals surface area contributed by atoms with Gasteiger partial charge >= 0.3 is 0 Å². The van der Waals surface area contributed by atoms with Crippen molar-refractivity contribution in [2.75, 3.05) is 20.3 Å². The average molecular weight is 201 g/mol. The smallest absolute Gasteiger partial charge is 0.0615 e. The van der Waals surface area contributed by atoms with Crippen LogP contribution in [-0.4, -0.2) is 48.5 Å². The highest BCUT2D eigenvalue weighted by atomic mass is 16.5. The average Bonchev–Trinajstić information content (AvgIpc) is 2.54. The van der Waals surface area contributed by atoms with Crippen molar-refractivity contribution in [1.29, 1.82) is 0 Å². The van der Waals surface area contributed by atoms with Gasteiger partial charge in [-0.05, 0) is 32.7 Å². The lowest BCUT2D eigenvalue weighted by Gasteiger charge is -2.33. The fourth-order valence-corrected chi connectivity index (χ4v) is 2.50. The number of aliphatic hydroxyl groups excluding tert-OH is 1. The lowest BCUT2D eigenvalue weighted by molar-refractivity contribution is 0.0687. The van der Waals surface area contributed by atoms with E-state index >= 15 is 0 Å². The van der Waals surface area contributed by atoms with Gasteiger partial charge in [0, 0.05) is 19.2 Å². The molecule has 0 aromatic rings. The standard InChI is InChI=1S/C11H23NO2/c1-4-12(9(2)8-14-3)10-5-6-11(13)7-10/h9-11,13H,4-8H2,1-3H3. The molecule has 1 fully saturated rings. The zero-order valence-electron chi connectivity index (χ0n) is 9.57. The van der Waals surface area contributed by atoms with E-state index in [9.17, 15) is 5.11 Å². The molecule has 0 heterocycles. The van der Waals surface area contributed by atoms with Gasteiger partial charge in [-0.1, -0.05) is 6.92 Å². The molecule has 3 unspecified atom stereocenters. The highest BCUT2D eigenvalue weighted by molar-refractivity contribution is 4.84. The number of nitrogens with zero attached hydrogens (tertiary/aromatic N) is 1. The Balaban J connectivity index is 2.44. The molecule has 3 atom stereocenters. The van der Waals surface area contributed by atoms with Crippen LogP contribution in [0, 0.1) is 0 Å². The lowest BCUT2D eigenvalue weighted by Crippen LogP contribution is -2.42. The van der Waals surface area contributed by atoms with E-state index in [4.69, 9.17) is 4.74 Å².